The number of aromatic nitrogens is 2. The van der Waals surface area contributed by atoms with Crippen LogP contribution in [0.15, 0.2) is 73.1 Å². The van der Waals surface area contributed by atoms with E-state index < -0.39 is 6.10 Å². The van der Waals surface area contributed by atoms with Gasteiger partial charge < -0.3 is 15.2 Å². The summed E-state index contributed by atoms with van der Waals surface area (Å²) in [6.07, 6.45) is 2.75. The fraction of sp³-hybridized carbons (Fsp3) is 0.158. The molecule has 0 bridgehead atoms. The van der Waals surface area contributed by atoms with E-state index in [1.165, 1.54) is 0 Å². The van der Waals surface area contributed by atoms with Gasteiger partial charge in [-0.1, -0.05) is 42.5 Å². The van der Waals surface area contributed by atoms with E-state index in [-0.39, 0.29) is 0 Å². The zero-order valence-electron chi connectivity index (χ0n) is 13.2. The first-order valence-corrected chi connectivity index (χ1v) is 7.79. The summed E-state index contributed by atoms with van der Waals surface area (Å²) in [7, 11) is 0. The van der Waals surface area contributed by atoms with Crippen LogP contribution < -0.4 is 10.1 Å². The molecule has 0 amide bonds. The third-order valence-corrected chi connectivity index (χ3v) is 3.50. The standard InChI is InChI=1S/C19H19N3O2/c23-18(16-7-2-1-3-8-16)14-20-13-15-6-4-9-17(12-15)24-19-21-10-5-11-22-19/h1-12,18,20,23H,13-14H2/t18-/m1/s1. The molecule has 24 heavy (non-hydrogen) atoms. The summed E-state index contributed by atoms with van der Waals surface area (Å²) in [6.45, 7) is 1.12. The Morgan fingerprint density at radius 1 is 0.958 bits per heavy atom. The summed E-state index contributed by atoms with van der Waals surface area (Å²) in [6, 6.07) is 19.4. The van der Waals surface area contributed by atoms with Crippen LogP contribution in [-0.2, 0) is 6.54 Å². The van der Waals surface area contributed by atoms with Gasteiger partial charge in [-0.05, 0) is 29.3 Å². The first-order valence-electron chi connectivity index (χ1n) is 7.79. The van der Waals surface area contributed by atoms with E-state index >= 15 is 0 Å². The van der Waals surface area contributed by atoms with Gasteiger partial charge in [0.15, 0.2) is 0 Å². The molecule has 0 aliphatic rings. The van der Waals surface area contributed by atoms with Crippen molar-refractivity contribution in [2.45, 2.75) is 12.6 Å². The lowest BCUT2D eigenvalue weighted by atomic mass is 10.1. The number of hydrogen-bond donors (Lipinski definition) is 2. The maximum absolute atomic E-state index is 10.1. The number of rotatable bonds is 7. The van der Waals surface area contributed by atoms with Gasteiger partial charge in [-0.2, -0.15) is 0 Å². The molecule has 2 aromatic carbocycles. The minimum atomic E-state index is -0.525. The van der Waals surface area contributed by atoms with E-state index in [2.05, 4.69) is 15.3 Å². The molecule has 0 saturated heterocycles. The van der Waals surface area contributed by atoms with Crippen LogP contribution in [-0.4, -0.2) is 21.6 Å². The van der Waals surface area contributed by atoms with Crippen LogP contribution in [0, 0.1) is 0 Å². The SMILES string of the molecule is O[C@H](CNCc1cccc(Oc2ncccn2)c1)c1ccccc1. The average molecular weight is 321 g/mol. The van der Waals surface area contributed by atoms with Crippen LogP contribution in [0.1, 0.15) is 17.2 Å². The highest BCUT2D eigenvalue weighted by Gasteiger charge is 2.06. The molecule has 0 fully saturated rings. The predicted molar refractivity (Wildman–Crippen MR) is 91.7 cm³/mol. The summed E-state index contributed by atoms with van der Waals surface area (Å²) in [5.41, 5.74) is 1.96. The highest BCUT2D eigenvalue weighted by molar-refractivity contribution is 5.30. The van der Waals surface area contributed by atoms with Gasteiger partial charge in [0.05, 0.1) is 6.10 Å². The zero-order valence-corrected chi connectivity index (χ0v) is 13.2. The second kappa shape index (κ2) is 8.19. The Labute approximate surface area is 141 Å². The van der Waals surface area contributed by atoms with Crippen LogP contribution in [0.4, 0.5) is 0 Å². The number of ether oxygens (including phenoxy) is 1. The van der Waals surface area contributed by atoms with E-state index in [1.54, 1.807) is 18.5 Å². The summed E-state index contributed by atoms with van der Waals surface area (Å²) in [5.74, 6) is 0.684. The molecule has 0 unspecified atom stereocenters. The Hall–Kier alpha value is -2.76. The first kappa shape index (κ1) is 16.1. The molecule has 3 rings (SSSR count). The Bertz CT molecular complexity index is 751. The quantitative estimate of drug-likeness (QED) is 0.700. The molecule has 2 N–H and O–H groups in total. The number of hydrogen-bond acceptors (Lipinski definition) is 5. The fourth-order valence-corrected chi connectivity index (χ4v) is 2.31. The molecule has 0 aliphatic carbocycles. The maximum atomic E-state index is 10.1. The Balaban J connectivity index is 1.53. The van der Waals surface area contributed by atoms with E-state index in [0.29, 0.717) is 24.8 Å². The van der Waals surface area contributed by atoms with Crippen molar-refractivity contribution in [1.82, 2.24) is 15.3 Å². The number of aliphatic hydroxyl groups is 1. The molecule has 0 spiro atoms. The molecule has 5 nitrogen and oxygen atoms in total. The molecular weight excluding hydrogens is 302 g/mol. The Kier molecular flexibility index (Phi) is 5.50. The molecule has 1 aromatic heterocycles. The second-order valence-electron chi connectivity index (χ2n) is 5.34. The predicted octanol–water partition coefficient (Wildman–Crippen LogP) is 3.09. The number of aliphatic hydroxyl groups excluding tert-OH is 1. The number of benzene rings is 2. The van der Waals surface area contributed by atoms with Crippen LogP contribution >= 0.6 is 0 Å². The first-order chi connectivity index (χ1) is 11.8. The van der Waals surface area contributed by atoms with Gasteiger partial charge in [0.1, 0.15) is 5.75 Å². The van der Waals surface area contributed by atoms with Gasteiger partial charge >= 0.3 is 6.01 Å². The number of nitrogens with one attached hydrogen (secondary N) is 1. The maximum Gasteiger partial charge on any atom is 0.321 e. The minimum Gasteiger partial charge on any atom is -0.424 e. The summed E-state index contributed by atoms with van der Waals surface area (Å²) in [4.78, 5) is 8.08. The van der Waals surface area contributed by atoms with E-state index in [4.69, 9.17) is 4.74 Å². The van der Waals surface area contributed by atoms with E-state index in [1.807, 2.05) is 54.6 Å². The van der Waals surface area contributed by atoms with Crippen molar-refractivity contribution in [1.29, 1.82) is 0 Å². The fourth-order valence-electron chi connectivity index (χ4n) is 2.31. The zero-order chi connectivity index (χ0) is 16.6. The van der Waals surface area contributed by atoms with E-state index in [9.17, 15) is 5.11 Å². The lowest BCUT2D eigenvalue weighted by molar-refractivity contribution is 0.174. The summed E-state index contributed by atoms with van der Waals surface area (Å²) < 4.78 is 5.62. The van der Waals surface area contributed by atoms with E-state index in [0.717, 1.165) is 11.1 Å². The monoisotopic (exact) mass is 321 g/mol. The second-order valence-corrected chi connectivity index (χ2v) is 5.34. The normalized spacial score (nSPS) is 11.9. The molecule has 0 saturated carbocycles. The smallest absolute Gasteiger partial charge is 0.321 e. The molecule has 0 radical (unpaired) electrons. The van der Waals surface area contributed by atoms with Crippen LogP contribution in [0.25, 0.3) is 0 Å². The van der Waals surface area contributed by atoms with Gasteiger partial charge in [0, 0.05) is 25.5 Å². The molecule has 5 heteroatoms. The summed E-state index contributed by atoms with van der Waals surface area (Å²) >= 11 is 0. The van der Waals surface area contributed by atoms with Gasteiger partial charge in [0.25, 0.3) is 0 Å². The molecule has 122 valence electrons. The lowest BCUT2D eigenvalue weighted by Gasteiger charge is -2.12. The van der Waals surface area contributed by atoms with Crippen molar-refractivity contribution in [3.05, 3.63) is 84.2 Å². The minimum absolute atomic E-state index is 0.321. The molecule has 3 aromatic rings. The van der Waals surface area contributed by atoms with Crippen molar-refractivity contribution in [3.63, 3.8) is 0 Å². The van der Waals surface area contributed by atoms with Gasteiger partial charge in [-0.3, -0.25) is 0 Å². The molecule has 1 atom stereocenters. The van der Waals surface area contributed by atoms with Crippen molar-refractivity contribution in [2.24, 2.45) is 0 Å². The summed E-state index contributed by atoms with van der Waals surface area (Å²) in [5, 5.41) is 13.4. The van der Waals surface area contributed by atoms with Crippen LogP contribution in [0.3, 0.4) is 0 Å². The van der Waals surface area contributed by atoms with Crippen LogP contribution in [0.2, 0.25) is 0 Å². The van der Waals surface area contributed by atoms with Gasteiger partial charge in [0.2, 0.25) is 0 Å². The topological polar surface area (TPSA) is 67.3 Å². The van der Waals surface area contributed by atoms with Gasteiger partial charge in [-0.15, -0.1) is 0 Å². The molecule has 1 heterocycles. The molecular formula is C19H19N3O2. The largest absolute Gasteiger partial charge is 0.424 e. The highest BCUT2D eigenvalue weighted by Crippen LogP contribution is 2.18. The third-order valence-electron chi connectivity index (χ3n) is 3.50. The number of nitrogens with zero attached hydrogens (tertiary/aromatic N) is 2. The molecule has 0 aliphatic heterocycles. The lowest BCUT2D eigenvalue weighted by Crippen LogP contribution is -2.21. The van der Waals surface area contributed by atoms with Crippen LogP contribution in [0.5, 0.6) is 11.8 Å². The average Bonchev–Trinajstić information content (AvgIpc) is 2.63. The third kappa shape index (κ3) is 4.62. The Morgan fingerprint density at radius 2 is 1.75 bits per heavy atom. The van der Waals surface area contributed by atoms with Crippen molar-refractivity contribution in [3.8, 4) is 11.8 Å². The van der Waals surface area contributed by atoms with Crippen molar-refractivity contribution in [2.75, 3.05) is 6.54 Å². The Morgan fingerprint density at radius 3 is 2.54 bits per heavy atom. The van der Waals surface area contributed by atoms with Crippen molar-refractivity contribution >= 4 is 0 Å². The van der Waals surface area contributed by atoms with Gasteiger partial charge in [-0.25, -0.2) is 9.97 Å². The highest BCUT2D eigenvalue weighted by atomic mass is 16.5. The van der Waals surface area contributed by atoms with Crippen molar-refractivity contribution < 1.29 is 9.84 Å².